The van der Waals surface area contributed by atoms with Gasteiger partial charge in [-0.3, -0.25) is 9.36 Å². The first-order valence-electron chi connectivity index (χ1n) is 7.91. The molecular weight excluding hydrogens is 306 g/mol. The van der Waals surface area contributed by atoms with E-state index in [4.69, 9.17) is 9.15 Å². The Labute approximate surface area is 139 Å². The molecule has 0 spiro atoms. The number of rotatable bonds is 5. The van der Waals surface area contributed by atoms with Crippen LogP contribution in [-0.4, -0.2) is 10.5 Å². The number of hydrogen-bond donors (Lipinski definition) is 0. The van der Waals surface area contributed by atoms with Crippen molar-refractivity contribution in [2.24, 2.45) is 0 Å². The van der Waals surface area contributed by atoms with Crippen LogP contribution >= 0.6 is 0 Å². The van der Waals surface area contributed by atoms with Crippen LogP contribution in [0.2, 0.25) is 0 Å². The first-order chi connectivity index (χ1) is 11.5. The summed E-state index contributed by atoms with van der Waals surface area (Å²) in [5.41, 5.74) is 3.35. The first kappa shape index (κ1) is 16.1. The minimum Gasteiger partial charge on any atom is -0.426 e. The molecule has 0 aliphatic heterocycles. The van der Waals surface area contributed by atoms with Gasteiger partial charge in [-0.1, -0.05) is 29.8 Å². The SMILES string of the molecule is Cc1ccc(OC(=O)CCCn2c(=O)oc3ccccc32)c(C)c1. The highest BCUT2D eigenvalue weighted by atomic mass is 16.5. The van der Waals surface area contributed by atoms with Crippen molar-refractivity contribution in [2.45, 2.75) is 33.2 Å². The molecule has 0 saturated carbocycles. The maximum Gasteiger partial charge on any atom is 0.419 e. The number of aromatic nitrogens is 1. The Morgan fingerprint density at radius 2 is 1.96 bits per heavy atom. The molecule has 2 aromatic carbocycles. The minimum atomic E-state index is -0.404. The summed E-state index contributed by atoms with van der Waals surface area (Å²) in [5.74, 6) is -0.127. The number of carbonyl (C=O) groups is 1. The predicted octanol–water partition coefficient (Wildman–Crippen LogP) is 3.60. The van der Waals surface area contributed by atoms with Crippen molar-refractivity contribution in [3.63, 3.8) is 0 Å². The molecule has 0 N–H and O–H groups in total. The molecule has 0 aliphatic carbocycles. The molecule has 5 heteroatoms. The number of ether oxygens (including phenoxy) is 1. The van der Waals surface area contributed by atoms with Crippen LogP contribution in [0.15, 0.2) is 51.7 Å². The number of benzene rings is 2. The Balaban J connectivity index is 1.60. The zero-order valence-corrected chi connectivity index (χ0v) is 13.7. The average Bonchev–Trinajstić information content (AvgIpc) is 2.86. The molecule has 0 bridgehead atoms. The Morgan fingerprint density at radius 1 is 1.17 bits per heavy atom. The van der Waals surface area contributed by atoms with Crippen molar-refractivity contribution < 1.29 is 13.9 Å². The van der Waals surface area contributed by atoms with Crippen LogP contribution in [-0.2, 0) is 11.3 Å². The van der Waals surface area contributed by atoms with E-state index < -0.39 is 5.76 Å². The lowest BCUT2D eigenvalue weighted by molar-refractivity contribution is -0.134. The maximum atomic E-state index is 12.0. The van der Waals surface area contributed by atoms with Gasteiger partial charge >= 0.3 is 11.7 Å². The van der Waals surface area contributed by atoms with Crippen LogP contribution in [0.3, 0.4) is 0 Å². The molecule has 124 valence electrons. The summed E-state index contributed by atoms with van der Waals surface area (Å²) >= 11 is 0. The third-order valence-corrected chi connectivity index (χ3v) is 3.89. The Bertz CT molecular complexity index is 936. The number of aryl methyl sites for hydroxylation is 3. The number of oxazole rings is 1. The highest BCUT2D eigenvalue weighted by Crippen LogP contribution is 2.19. The molecule has 1 aromatic heterocycles. The van der Waals surface area contributed by atoms with E-state index in [1.165, 1.54) is 0 Å². The highest BCUT2D eigenvalue weighted by molar-refractivity contribution is 5.73. The zero-order valence-electron chi connectivity index (χ0n) is 13.7. The lowest BCUT2D eigenvalue weighted by Crippen LogP contribution is -2.16. The highest BCUT2D eigenvalue weighted by Gasteiger charge is 2.11. The standard InChI is InChI=1S/C19H19NO4/c1-13-9-10-16(14(2)12-13)23-18(21)8-5-11-20-15-6-3-4-7-17(15)24-19(20)22/h3-4,6-7,9-10,12H,5,8,11H2,1-2H3. The van der Waals surface area contributed by atoms with Gasteiger partial charge in [0.15, 0.2) is 5.58 Å². The molecule has 0 radical (unpaired) electrons. The van der Waals surface area contributed by atoms with Crippen molar-refractivity contribution in [3.05, 3.63) is 64.1 Å². The summed E-state index contributed by atoms with van der Waals surface area (Å²) in [6.45, 7) is 4.32. The minimum absolute atomic E-state index is 0.235. The average molecular weight is 325 g/mol. The van der Waals surface area contributed by atoms with Crippen LogP contribution in [0.4, 0.5) is 0 Å². The van der Waals surface area contributed by atoms with E-state index in [2.05, 4.69) is 0 Å². The van der Waals surface area contributed by atoms with E-state index in [1.54, 1.807) is 16.7 Å². The second-order valence-electron chi connectivity index (χ2n) is 5.83. The second-order valence-corrected chi connectivity index (χ2v) is 5.83. The molecule has 0 fully saturated rings. The summed E-state index contributed by atoms with van der Waals surface area (Å²) < 4.78 is 12.1. The zero-order chi connectivity index (χ0) is 17.1. The Morgan fingerprint density at radius 3 is 2.75 bits per heavy atom. The molecule has 0 aliphatic rings. The van der Waals surface area contributed by atoms with Gasteiger partial charge in [0, 0.05) is 13.0 Å². The number of nitrogens with zero attached hydrogens (tertiary/aromatic N) is 1. The lowest BCUT2D eigenvalue weighted by Gasteiger charge is -2.08. The van der Waals surface area contributed by atoms with E-state index in [9.17, 15) is 9.59 Å². The molecule has 0 atom stereocenters. The van der Waals surface area contributed by atoms with E-state index in [0.29, 0.717) is 24.3 Å². The molecule has 1 heterocycles. The van der Waals surface area contributed by atoms with Gasteiger partial charge in [0.2, 0.25) is 0 Å². The number of hydrogen-bond acceptors (Lipinski definition) is 4. The maximum absolute atomic E-state index is 12.0. The molecule has 5 nitrogen and oxygen atoms in total. The summed E-state index contributed by atoms with van der Waals surface area (Å²) in [6, 6.07) is 12.9. The van der Waals surface area contributed by atoms with Crippen molar-refractivity contribution in [1.29, 1.82) is 0 Å². The lowest BCUT2D eigenvalue weighted by atomic mass is 10.1. The third-order valence-electron chi connectivity index (χ3n) is 3.89. The number of esters is 1. The fraction of sp³-hybridized carbons (Fsp3) is 0.263. The number of carbonyl (C=O) groups excluding carboxylic acids is 1. The molecule has 0 saturated heterocycles. The molecule has 0 amide bonds. The second kappa shape index (κ2) is 6.74. The van der Waals surface area contributed by atoms with Crippen molar-refractivity contribution in [3.8, 4) is 5.75 Å². The van der Waals surface area contributed by atoms with Gasteiger partial charge in [-0.25, -0.2) is 4.79 Å². The van der Waals surface area contributed by atoms with Gasteiger partial charge in [-0.15, -0.1) is 0 Å². The predicted molar refractivity (Wildman–Crippen MR) is 91.3 cm³/mol. The van der Waals surface area contributed by atoms with Crippen molar-refractivity contribution >= 4 is 17.1 Å². The van der Waals surface area contributed by atoms with E-state index in [-0.39, 0.29) is 12.4 Å². The van der Waals surface area contributed by atoms with E-state index in [0.717, 1.165) is 16.6 Å². The van der Waals surface area contributed by atoms with Gasteiger partial charge < -0.3 is 9.15 Å². The summed E-state index contributed by atoms with van der Waals surface area (Å²) in [6.07, 6.45) is 0.742. The van der Waals surface area contributed by atoms with E-state index >= 15 is 0 Å². The van der Waals surface area contributed by atoms with Crippen LogP contribution in [0, 0.1) is 13.8 Å². The van der Waals surface area contributed by atoms with Gasteiger partial charge in [0.05, 0.1) is 5.52 Å². The van der Waals surface area contributed by atoms with Gasteiger partial charge in [-0.2, -0.15) is 0 Å². The summed E-state index contributed by atoms with van der Waals surface area (Å²) in [4.78, 5) is 23.9. The number of para-hydroxylation sites is 2. The number of fused-ring (bicyclic) bond motifs is 1. The molecular formula is C19H19NO4. The van der Waals surface area contributed by atoms with Crippen molar-refractivity contribution in [1.82, 2.24) is 4.57 Å². The monoisotopic (exact) mass is 325 g/mol. The fourth-order valence-corrected chi connectivity index (χ4v) is 2.69. The van der Waals surface area contributed by atoms with Crippen LogP contribution in [0.5, 0.6) is 5.75 Å². The molecule has 3 rings (SSSR count). The fourth-order valence-electron chi connectivity index (χ4n) is 2.69. The van der Waals surface area contributed by atoms with Gasteiger partial charge in [-0.05, 0) is 44.0 Å². The first-order valence-corrected chi connectivity index (χ1v) is 7.91. The third kappa shape index (κ3) is 3.40. The van der Waals surface area contributed by atoms with Crippen LogP contribution in [0.25, 0.3) is 11.1 Å². The quantitative estimate of drug-likeness (QED) is 0.531. The molecule has 3 aromatic rings. The van der Waals surface area contributed by atoms with Crippen molar-refractivity contribution in [2.75, 3.05) is 0 Å². The van der Waals surface area contributed by atoms with Gasteiger partial charge in [0.25, 0.3) is 0 Å². The summed E-state index contributed by atoms with van der Waals surface area (Å²) in [5, 5.41) is 0. The normalized spacial score (nSPS) is 10.9. The Hall–Kier alpha value is -2.82. The van der Waals surface area contributed by atoms with Gasteiger partial charge in [0.1, 0.15) is 5.75 Å². The Kier molecular flexibility index (Phi) is 4.51. The van der Waals surface area contributed by atoms with Crippen LogP contribution in [0.1, 0.15) is 24.0 Å². The molecule has 24 heavy (non-hydrogen) atoms. The largest absolute Gasteiger partial charge is 0.426 e. The smallest absolute Gasteiger partial charge is 0.419 e. The summed E-state index contributed by atoms with van der Waals surface area (Å²) in [7, 11) is 0. The molecule has 0 unspecified atom stereocenters. The topological polar surface area (TPSA) is 61.4 Å². The van der Waals surface area contributed by atoms with Crippen LogP contribution < -0.4 is 10.5 Å². The van der Waals surface area contributed by atoms with E-state index in [1.807, 2.05) is 44.2 Å².